The van der Waals surface area contributed by atoms with Gasteiger partial charge in [-0.15, -0.1) is 10.2 Å². The molecule has 0 atom stereocenters. The Labute approximate surface area is 75.2 Å². The third-order valence-corrected chi connectivity index (χ3v) is 2.64. The third-order valence-electron chi connectivity index (χ3n) is 1.73. The predicted molar refractivity (Wildman–Crippen MR) is 49.3 cm³/mol. The van der Waals surface area contributed by atoms with Crippen LogP contribution >= 0.6 is 11.3 Å². The molecule has 0 spiro atoms. The Bertz CT molecular complexity index is 256. The Kier molecular flexibility index (Phi) is 2.23. The van der Waals surface area contributed by atoms with E-state index in [1.807, 2.05) is 0 Å². The van der Waals surface area contributed by atoms with E-state index in [4.69, 9.17) is 5.73 Å². The van der Waals surface area contributed by atoms with Gasteiger partial charge in [-0.3, -0.25) is 0 Å². The molecule has 1 saturated carbocycles. The van der Waals surface area contributed by atoms with Crippen LogP contribution in [0.2, 0.25) is 0 Å². The number of hydrogen-bond acceptors (Lipinski definition) is 5. The SMILES string of the molecule is NCCc1nnc(NC2CC2)s1. The van der Waals surface area contributed by atoms with E-state index >= 15 is 0 Å². The van der Waals surface area contributed by atoms with Crippen LogP contribution < -0.4 is 11.1 Å². The molecule has 1 aliphatic carbocycles. The first-order valence-corrected chi connectivity index (χ1v) is 4.99. The van der Waals surface area contributed by atoms with Crippen LogP contribution in [0.4, 0.5) is 5.13 Å². The molecule has 0 unspecified atom stereocenters. The van der Waals surface area contributed by atoms with Crippen LogP contribution in [0.5, 0.6) is 0 Å². The van der Waals surface area contributed by atoms with Crippen molar-refractivity contribution in [3.63, 3.8) is 0 Å². The highest BCUT2D eigenvalue weighted by molar-refractivity contribution is 7.15. The second-order valence-electron chi connectivity index (χ2n) is 2.96. The molecule has 2 rings (SSSR count). The fourth-order valence-electron chi connectivity index (χ4n) is 0.939. The summed E-state index contributed by atoms with van der Waals surface area (Å²) in [5, 5.41) is 13.3. The van der Waals surface area contributed by atoms with E-state index < -0.39 is 0 Å². The van der Waals surface area contributed by atoms with Crippen molar-refractivity contribution in [2.75, 3.05) is 11.9 Å². The van der Waals surface area contributed by atoms with Gasteiger partial charge in [-0.1, -0.05) is 11.3 Å². The zero-order valence-corrected chi connectivity index (χ0v) is 7.60. The Hall–Kier alpha value is -0.680. The smallest absolute Gasteiger partial charge is 0.205 e. The largest absolute Gasteiger partial charge is 0.357 e. The van der Waals surface area contributed by atoms with Crippen molar-refractivity contribution in [3.8, 4) is 0 Å². The maximum absolute atomic E-state index is 5.40. The van der Waals surface area contributed by atoms with E-state index in [1.165, 1.54) is 12.8 Å². The number of hydrogen-bond donors (Lipinski definition) is 2. The summed E-state index contributed by atoms with van der Waals surface area (Å²) in [6.07, 6.45) is 3.38. The van der Waals surface area contributed by atoms with E-state index in [9.17, 15) is 0 Å². The fourth-order valence-corrected chi connectivity index (χ4v) is 1.77. The summed E-state index contributed by atoms with van der Waals surface area (Å²) in [7, 11) is 0. The minimum Gasteiger partial charge on any atom is -0.357 e. The van der Waals surface area contributed by atoms with Crippen LogP contribution in [0.25, 0.3) is 0 Å². The second-order valence-corrected chi connectivity index (χ2v) is 4.02. The molecule has 5 heteroatoms. The molecule has 1 aromatic rings. The second kappa shape index (κ2) is 3.37. The summed E-state index contributed by atoms with van der Waals surface area (Å²) < 4.78 is 0. The zero-order valence-electron chi connectivity index (χ0n) is 6.79. The minimum atomic E-state index is 0.651. The molecule has 0 bridgehead atoms. The number of aromatic nitrogens is 2. The van der Waals surface area contributed by atoms with Crippen molar-refractivity contribution < 1.29 is 0 Å². The van der Waals surface area contributed by atoms with Crippen molar-refractivity contribution >= 4 is 16.5 Å². The molecular weight excluding hydrogens is 172 g/mol. The molecule has 12 heavy (non-hydrogen) atoms. The summed E-state index contributed by atoms with van der Waals surface area (Å²) in [6, 6.07) is 0.656. The van der Waals surface area contributed by atoms with Crippen LogP contribution in [0, 0.1) is 0 Å². The van der Waals surface area contributed by atoms with Crippen LogP contribution in [-0.2, 0) is 6.42 Å². The highest BCUT2D eigenvalue weighted by atomic mass is 32.1. The van der Waals surface area contributed by atoms with Gasteiger partial charge in [-0.05, 0) is 19.4 Å². The lowest BCUT2D eigenvalue weighted by Gasteiger charge is -1.93. The van der Waals surface area contributed by atoms with Crippen LogP contribution in [0.3, 0.4) is 0 Å². The number of nitrogens with one attached hydrogen (secondary N) is 1. The van der Waals surface area contributed by atoms with E-state index in [0.29, 0.717) is 12.6 Å². The molecule has 0 aliphatic heterocycles. The molecule has 0 amide bonds. The zero-order chi connectivity index (χ0) is 8.39. The first-order valence-electron chi connectivity index (χ1n) is 4.17. The number of rotatable bonds is 4. The van der Waals surface area contributed by atoms with E-state index in [2.05, 4.69) is 15.5 Å². The first-order chi connectivity index (χ1) is 5.88. The summed E-state index contributed by atoms with van der Waals surface area (Å²) in [5.74, 6) is 0. The molecule has 3 N–H and O–H groups in total. The summed E-state index contributed by atoms with van der Waals surface area (Å²) >= 11 is 1.61. The van der Waals surface area contributed by atoms with Gasteiger partial charge in [0.25, 0.3) is 0 Å². The van der Waals surface area contributed by atoms with Gasteiger partial charge in [-0.25, -0.2) is 0 Å². The standard InChI is InChI=1S/C7H12N4S/c8-4-3-6-10-11-7(12-6)9-5-1-2-5/h5H,1-4,8H2,(H,9,11). The molecule has 0 aromatic carbocycles. The molecule has 1 aromatic heterocycles. The fraction of sp³-hybridized carbons (Fsp3) is 0.714. The lowest BCUT2D eigenvalue weighted by Crippen LogP contribution is -2.01. The third kappa shape index (κ3) is 1.92. The normalized spacial score (nSPS) is 16.4. The van der Waals surface area contributed by atoms with Gasteiger partial charge in [-0.2, -0.15) is 0 Å². The molecule has 1 heterocycles. The van der Waals surface area contributed by atoms with Gasteiger partial charge in [0.2, 0.25) is 5.13 Å². The molecule has 4 nitrogen and oxygen atoms in total. The highest BCUT2D eigenvalue weighted by Crippen LogP contribution is 2.26. The molecule has 66 valence electrons. The summed E-state index contributed by atoms with van der Waals surface area (Å²) in [4.78, 5) is 0. The summed E-state index contributed by atoms with van der Waals surface area (Å²) in [6.45, 7) is 0.651. The van der Waals surface area contributed by atoms with E-state index in [-0.39, 0.29) is 0 Å². The quantitative estimate of drug-likeness (QED) is 0.719. The van der Waals surface area contributed by atoms with Gasteiger partial charge in [0, 0.05) is 12.5 Å². The van der Waals surface area contributed by atoms with Crippen LogP contribution in [-0.4, -0.2) is 22.8 Å². The molecule has 0 saturated heterocycles. The minimum absolute atomic E-state index is 0.651. The van der Waals surface area contributed by atoms with E-state index in [1.54, 1.807) is 11.3 Å². The van der Waals surface area contributed by atoms with Gasteiger partial charge < -0.3 is 11.1 Å². The van der Waals surface area contributed by atoms with Crippen molar-refractivity contribution in [2.45, 2.75) is 25.3 Å². The van der Waals surface area contributed by atoms with Gasteiger partial charge >= 0.3 is 0 Å². The molecule has 1 fully saturated rings. The monoisotopic (exact) mass is 184 g/mol. The van der Waals surface area contributed by atoms with Gasteiger partial charge in [0.15, 0.2) is 0 Å². The maximum atomic E-state index is 5.40. The van der Waals surface area contributed by atoms with Gasteiger partial charge in [0.1, 0.15) is 5.01 Å². The highest BCUT2D eigenvalue weighted by Gasteiger charge is 2.22. The first kappa shape index (κ1) is 7.94. The molecule has 1 aliphatic rings. The average Bonchev–Trinajstić information content (AvgIpc) is 2.74. The summed E-state index contributed by atoms with van der Waals surface area (Å²) in [5.41, 5.74) is 5.40. The van der Waals surface area contributed by atoms with Crippen molar-refractivity contribution in [1.82, 2.24) is 10.2 Å². The number of nitrogens with two attached hydrogens (primary N) is 1. The van der Waals surface area contributed by atoms with Crippen LogP contribution in [0.15, 0.2) is 0 Å². The van der Waals surface area contributed by atoms with Crippen molar-refractivity contribution in [1.29, 1.82) is 0 Å². The average molecular weight is 184 g/mol. The Morgan fingerprint density at radius 2 is 2.33 bits per heavy atom. The molecule has 0 radical (unpaired) electrons. The van der Waals surface area contributed by atoms with Crippen molar-refractivity contribution in [2.24, 2.45) is 5.73 Å². The van der Waals surface area contributed by atoms with Crippen molar-refractivity contribution in [3.05, 3.63) is 5.01 Å². The topological polar surface area (TPSA) is 63.8 Å². The lowest BCUT2D eigenvalue weighted by molar-refractivity contribution is 0.910. The number of nitrogens with zero attached hydrogens (tertiary/aromatic N) is 2. The van der Waals surface area contributed by atoms with E-state index in [0.717, 1.165) is 16.6 Å². The number of anilines is 1. The molecular formula is C7H12N4S. The Morgan fingerprint density at radius 3 is 3.00 bits per heavy atom. The lowest BCUT2D eigenvalue weighted by atomic mass is 10.5. The Morgan fingerprint density at radius 1 is 1.50 bits per heavy atom. The van der Waals surface area contributed by atoms with Crippen LogP contribution in [0.1, 0.15) is 17.8 Å². The maximum Gasteiger partial charge on any atom is 0.205 e. The predicted octanol–water partition coefficient (Wildman–Crippen LogP) is 0.614. The van der Waals surface area contributed by atoms with Gasteiger partial charge in [0.05, 0.1) is 0 Å². The Balaban J connectivity index is 1.92.